The zero-order valence-corrected chi connectivity index (χ0v) is 29.8. The van der Waals surface area contributed by atoms with Gasteiger partial charge in [-0.3, -0.25) is 14.2 Å². The summed E-state index contributed by atoms with van der Waals surface area (Å²) in [7, 11) is 2.14. The number of halogens is 1. The molecular formula is C38H50ClN7O2. The van der Waals surface area contributed by atoms with Crippen LogP contribution >= 0.6 is 11.6 Å². The molecule has 8 rings (SSSR count). The quantitative estimate of drug-likeness (QED) is 0.256. The van der Waals surface area contributed by atoms with Crippen LogP contribution in [-0.2, 0) is 17.8 Å². The number of aliphatic imine (C=N–C) groups is 1. The van der Waals surface area contributed by atoms with Crippen molar-refractivity contribution in [3.63, 3.8) is 0 Å². The normalized spacial score (nSPS) is 29.0. The molecule has 2 N–H and O–H groups in total. The van der Waals surface area contributed by atoms with Crippen LogP contribution in [0.4, 0.5) is 5.69 Å². The molecule has 2 saturated heterocycles. The number of hydrogen-bond acceptors (Lipinski definition) is 5. The second kappa shape index (κ2) is 13.1. The fourth-order valence-electron chi connectivity index (χ4n) is 8.98. The molecule has 9 nitrogen and oxygen atoms in total. The monoisotopic (exact) mass is 671 g/mol. The number of hydrogen-bond donors (Lipinski definition) is 2. The molecule has 1 amide bonds. The summed E-state index contributed by atoms with van der Waals surface area (Å²) in [4.78, 5) is 41.9. The Labute approximate surface area is 289 Å². The highest BCUT2D eigenvalue weighted by molar-refractivity contribution is 6.30. The number of piperazine rings is 1. The molecule has 48 heavy (non-hydrogen) atoms. The Kier molecular flexibility index (Phi) is 9.04. The summed E-state index contributed by atoms with van der Waals surface area (Å²) in [6, 6.07) is 13.9. The molecular weight excluding hydrogens is 622 g/mol. The number of likely N-dealkylation sites (tertiary alicyclic amines) is 1. The van der Waals surface area contributed by atoms with E-state index in [4.69, 9.17) is 21.6 Å². The Morgan fingerprint density at radius 2 is 1.90 bits per heavy atom. The van der Waals surface area contributed by atoms with Gasteiger partial charge in [-0.05, 0) is 112 Å². The summed E-state index contributed by atoms with van der Waals surface area (Å²) >= 11 is 6.13. The van der Waals surface area contributed by atoms with Crippen LogP contribution in [0.3, 0.4) is 0 Å². The lowest BCUT2D eigenvalue weighted by Crippen LogP contribution is -2.58. The molecule has 6 atom stereocenters. The highest BCUT2D eigenvalue weighted by atomic mass is 35.5. The van der Waals surface area contributed by atoms with Crippen LogP contribution in [0.15, 0.2) is 52.3 Å². The lowest BCUT2D eigenvalue weighted by molar-refractivity contribution is -0.124. The van der Waals surface area contributed by atoms with Crippen molar-refractivity contribution in [3.05, 3.63) is 69.2 Å². The van der Waals surface area contributed by atoms with Crippen molar-refractivity contribution in [1.29, 1.82) is 0 Å². The first-order chi connectivity index (χ1) is 23.0. The molecule has 3 aromatic rings. The number of likely N-dealkylation sites (N-methyl/N-ethyl adjacent to an activating group) is 1. The number of nitrogens with zero attached hydrogens (tertiary/aromatic N) is 5. The number of guanidine groups is 1. The molecule has 2 aromatic carbocycles. The summed E-state index contributed by atoms with van der Waals surface area (Å²) in [6.45, 7) is 12.6. The van der Waals surface area contributed by atoms with Gasteiger partial charge in [-0.1, -0.05) is 44.5 Å². The summed E-state index contributed by atoms with van der Waals surface area (Å²) in [6.07, 6.45) is 5.16. The molecule has 3 saturated carbocycles. The van der Waals surface area contributed by atoms with Gasteiger partial charge in [0.1, 0.15) is 5.82 Å². The average Bonchev–Trinajstić information content (AvgIpc) is 3.04. The Morgan fingerprint density at radius 3 is 2.60 bits per heavy atom. The number of nitrogens with one attached hydrogen (secondary N) is 2. The zero-order valence-electron chi connectivity index (χ0n) is 29.0. The Hall–Kier alpha value is -3.43. The minimum atomic E-state index is -0.00275. The van der Waals surface area contributed by atoms with E-state index >= 15 is 0 Å². The van der Waals surface area contributed by atoms with Gasteiger partial charge in [-0.15, -0.1) is 0 Å². The van der Waals surface area contributed by atoms with Crippen molar-refractivity contribution in [2.75, 3.05) is 38.5 Å². The van der Waals surface area contributed by atoms with E-state index in [-0.39, 0.29) is 36.0 Å². The predicted octanol–water partition coefficient (Wildman–Crippen LogP) is 5.76. The topological polar surface area (TPSA) is 94.9 Å². The second-order valence-electron chi connectivity index (χ2n) is 15.6. The first-order valence-corrected chi connectivity index (χ1v) is 18.2. The average molecular weight is 672 g/mol. The Balaban J connectivity index is 1.23. The summed E-state index contributed by atoms with van der Waals surface area (Å²) in [5.41, 5.74) is 3.02. The number of piperidine rings is 1. The van der Waals surface area contributed by atoms with Crippen molar-refractivity contribution in [3.8, 4) is 0 Å². The molecule has 256 valence electrons. The number of aromatic nitrogens is 2. The third-order valence-electron chi connectivity index (χ3n) is 11.9. The first-order valence-electron chi connectivity index (χ1n) is 17.8. The SMILES string of the molecule is C[C@@H]1C(/N=C(/Nc2ccc3c(=O)n(CCc4ccc(Cl)cc4)c(C4CCCN(C)C4)nc3c2)N2CC(=O)N[C@@H](C)C2)C[C@H]2C[C@@H]1C2(C)C. The highest BCUT2D eigenvalue weighted by Crippen LogP contribution is 2.61. The number of benzene rings is 2. The number of aryl methyl sites for hydroxylation is 1. The van der Waals surface area contributed by atoms with E-state index in [1.807, 2.05) is 54.0 Å². The molecule has 2 aliphatic heterocycles. The molecule has 3 heterocycles. The fourth-order valence-corrected chi connectivity index (χ4v) is 9.11. The van der Waals surface area contributed by atoms with Crippen molar-refractivity contribution in [2.24, 2.45) is 28.2 Å². The largest absolute Gasteiger partial charge is 0.350 e. The second-order valence-corrected chi connectivity index (χ2v) is 16.0. The van der Waals surface area contributed by atoms with Gasteiger partial charge in [0.15, 0.2) is 5.96 Å². The third-order valence-corrected chi connectivity index (χ3v) is 12.2. The van der Waals surface area contributed by atoms with Crippen molar-refractivity contribution >= 4 is 40.1 Å². The van der Waals surface area contributed by atoms with E-state index in [0.717, 1.165) is 61.8 Å². The van der Waals surface area contributed by atoms with Gasteiger partial charge in [0, 0.05) is 42.3 Å². The Morgan fingerprint density at radius 1 is 1.10 bits per heavy atom. The highest BCUT2D eigenvalue weighted by Gasteiger charge is 2.56. The Bertz CT molecular complexity index is 1770. The zero-order chi connectivity index (χ0) is 33.7. The van der Waals surface area contributed by atoms with Crippen LogP contribution in [0.1, 0.15) is 70.7 Å². The van der Waals surface area contributed by atoms with Crippen molar-refractivity contribution in [1.82, 2.24) is 24.7 Å². The van der Waals surface area contributed by atoms with E-state index in [0.29, 0.717) is 52.2 Å². The van der Waals surface area contributed by atoms with Gasteiger partial charge in [0.25, 0.3) is 5.56 Å². The van der Waals surface area contributed by atoms with Gasteiger partial charge in [-0.2, -0.15) is 0 Å². The lowest BCUT2D eigenvalue weighted by atomic mass is 9.45. The minimum Gasteiger partial charge on any atom is -0.350 e. The maximum Gasteiger partial charge on any atom is 0.261 e. The van der Waals surface area contributed by atoms with E-state index in [1.165, 1.54) is 6.42 Å². The first kappa shape index (κ1) is 33.1. The molecule has 5 aliphatic rings. The van der Waals surface area contributed by atoms with Crippen LogP contribution in [0.2, 0.25) is 5.02 Å². The van der Waals surface area contributed by atoms with Crippen molar-refractivity contribution in [2.45, 2.75) is 84.3 Å². The smallest absolute Gasteiger partial charge is 0.261 e. The maximum atomic E-state index is 14.2. The third kappa shape index (κ3) is 6.48. The predicted molar refractivity (Wildman–Crippen MR) is 194 cm³/mol. The summed E-state index contributed by atoms with van der Waals surface area (Å²) in [5.74, 6) is 3.59. The number of rotatable bonds is 6. The molecule has 2 bridgehead atoms. The molecule has 5 fully saturated rings. The molecule has 2 unspecified atom stereocenters. The minimum absolute atomic E-state index is 0.00275. The van der Waals surface area contributed by atoms with E-state index in [1.54, 1.807) is 0 Å². The van der Waals surface area contributed by atoms with Crippen LogP contribution in [0.25, 0.3) is 10.9 Å². The van der Waals surface area contributed by atoms with E-state index in [9.17, 15) is 9.59 Å². The van der Waals surface area contributed by atoms with E-state index < -0.39 is 0 Å². The number of carbonyl (C=O) groups is 1. The molecule has 3 aliphatic carbocycles. The number of fused-ring (bicyclic) bond motifs is 3. The fraction of sp³-hybridized carbons (Fsp3) is 0.579. The van der Waals surface area contributed by atoms with Crippen molar-refractivity contribution < 1.29 is 4.79 Å². The number of anilines is 1. The standard InChI is InChI=1S/C38H50ClN7O2/c1-23-20-45(22-34(47)40-23)37(43-32-18-27-17-31(24(32)2)38(27,3)4)41-29-12-13-30-33(19-29)42-35(26-7-6-15-44(5)21-26)46(36(30)48)16-14-25-8-10-28(39)11-9-25/h8-13,19,23-24,26-27,31-32H,6-7,14-18,20-22H2,1-5H3,(H,40,47)(H,41,43)/t23-,24-,26?,27+,31-,32?/m0/s1. The van der Waals surface area contributed by atoms with Gasteiger partial charge in [-0.25, -0.2) is 9.98 Å². The molecule has 0 radical (unpaired) electrons. The van der Waals surface area contributed by atoms with E-state index in [2.05, 4.69) is 48.3 Å². The van der Waals surface area contributed by atoms with Gasteiger partial charge >= 0.3 is 0 Å². The lowest BCUT2D eigenvalue weighted by Gasteiger charge is -2.61. The summed E-state index contributed by atoms with van der Waals surface area (Å²) in [5, 5.41) is 7.98. The number of amides is 1. The maximum absolute atomic E-state index is 14.2. The molecule has 1 aromatic heterocycles. The van der Waals surface area contributed by atoms with Crippen LogP contribution < -0.4 is 16.2 Å². The molecule has 10 heteroatoms. The molecule has 0 spiro atoms. The van der Waals surface area contributed by atoms with Gasteiger partial charge in [0.05, 0.1) is 23.5 Å². The van der Waals surface area contributed by atoms with Crippen LogP contribution in [-0.4, -0.2) is 76.5 Å². The van der Waals surface area contributed by atoms with Crippen LogP contribution in [0, 0.1) is 23.2 Å². The summed E-state index contributed by atoms with van der Waals surface area (Å²) < 4.78 is 1.91. The number of carbonyl (C=O) groups excluding carboxylic acids is 1. The van der Waals surface area contributed by atoms with Gasteiger partial charge in [0.2, 0.25) is 5.91 Å². The van der Waals surface area contributed by atoms with Gasteiger partial charge < -0.3 is 20.4 Å². The van der Waals surface area contributed by atoms with Crippen LogP contribution in [0.5, 0.6) is 0 Å².